The van der Waals surface area contributed by atoms with Crippen LogP contribution in [0.2, 0.25) is 0 Å². The van der Waals surface area contributed by atoms with Gasteiger partial charge in [-0.3, -0.25) is 9.48 Å². The highest BCUT2D eigenvalue weighted by molar-refractivity contribution is 5.77. The van der Waals surface area contributed by atoms with Gasteiger partial charge in [-0.1, -0.05) is 0 Å². The lowest BCUT2D eigenvalue weighted by Gasteiger charge is -2.28. The van der Waals surface area contributed by atoms with E-state index in [0.29, 0.717) is 11.8 Å². The lowest BCUT2D eigenvalue weighted by atomic mass is 9.94. The zero-order valence-electron chi connectivity index (χ0n) is 12.2. The molecule has 5 nitrogen and oxygen atoms in total. The van der Waals surface area contributed by atoms with Crippen molar-refractivity contribution in [3.63, 3.8) is 0 Å². The molecule has 2 aliphatic heterocycles. The van der Waals surface area contributed by atoms with Crippen LogP contribution in [0.25, 0.3) is 0 Å². The average Bonchev–Trinajstić information content (AvgIpc) is 3.08. The molecule has 0 aromatic carbocycles. The smallest absolute Gasteiger partial charge is 0.223 e. The Bertz CT molecular complexity index is 464. The second-order valence-corrected chi connectivity index (χ2v) is 6.09. The first kappa shape index (κ1) is 13.6. The quantitative estimate of drug-likeness (QED) is 0.909. The summed E-state index contributed by atoms with van der Waals surface area (Å²) in [6.45, 7) is 3.03. The average molecular weight is 276 g/mol. The van der Waals surface area contributed by atoms with Gasteiger partial charge < -0.3 is 10.2 Å². The summed E-state index contributed by atoms with van der Waals surface area (Å²) in [5, 5.41) is 7.60. The molecule has 2 saturated heterocycles. The molecule has 3 rings (SSSR count). The van der Waals surface area contributed by atoms with Crippen molar-refractivity contribution in [1.82, 2.24) is 20.0 Å². The van der Waals surface area contributed by atoms with Crippen molar-refractivity contribution in [3.05, 3.63) is 18.0 Å². The third-order valence-corrected chi connectivity index (χ3v) is 4.60. The highest BCUT2D eigenvalue weighted by Crippen LogP contribution is 2.33. The van der Waals surface area contributed by atoms with Crippen LogP contribution >= 0.6 is 0 Å². The van der Waals surface area contributed by atoms with Crippen molar-refractivity contribution in [2.75, 3.05) is 19.6 Å². The van der Waals surface area contributed by atoms with Gasteiger partial charge in [0.25, 0.3) is 0 Å². The largest absolute Gasteiger partial charge is 0.336 e. The Balaban J connectivity index is 1.63. The molecule has 1 amide bonds. The summed E-state index contributed by atoms with van der Waals surface area (Å²) in [4.78, 5) is 14.7. The zero-order valence-corrected chi connectivity index (χ0v) is 12.2. The highest BCUT2D eigenvalue weighted by Gasteiger charge is 2.31. The summed E-state index contributed by atoms with van der Waals surface area (Å²) >= 11 is 0. The number of aryl methyl sites for hydroxylation is 1. The molecule has 1 N–H and O–H groups in total. The topological polar surface area (TPSA) is 50.2 Å². The van der Waals surface area contributed by atoms with Crippen molar-refractivity contribution in [2.24, 2.45) is 13.0 Å². The number of amides is 1. The van der Waals surface area contributed by atoms with Crippen LogP contribution in [0.3, 0.4) is 0 Å². The minimum absolute atomic E-state index is 0.248. The highest BCUT2D eigenvalue weighted by atomic mass is 16.2. The lowest BCUT2D eigenvalue weighted by Crippen LogP contribution is -2.35. The Morgan fingerprint density at radius 1 is 1.40 bits per heavy atom. The van der Waals surface area contributed by atoms with E-state index >= 15 is 0 Å². The number of carbonyl (C=O) groups is 1. The standard InChI is InChI=1S/C15H24N4O/c1-18-11-13(10-17-18)14-3-2-8-19(14)15(20)9-12-4-6-16-7-5-12/h10-12,14,16H,2-9H2,1H3. The molecule has 0 saturated carbocycles. The second-order valence-electron chi connectivity index (χ2n) is 6.09. The van der Waals surface area contributed by atoms with Gasteiger partial charge in [0.2, 0.25) is 5.91 Å². The number of likely N-dealkylation sites (tertiary alicyclic amines) is 1. The summed E-state index contributed by atoms with van der Waals surface area (Å²) in [6, 6.07) is 0.248. The van der Waals surface area contributed by atoms with E-state index in [1.165, 1.54) is 5.56 Å². The van der Waals surface area contributed by atoms with Gasteiger partial charge in [-0.15, -0.1) is 0 Å². The molecule has 20 heavy (non-hydrogen) atoms. The number of nitrogens with zero attached hydrogens (tertiary/aromatic N) is 3. The first-order valence-corrected chi connectivity index (χ1v) is 7.73. The van der Waals surface area contributed by atoms with E-state index in [1.807, 2.05) is 24.1 Å². The first-order chi connectivity index (χ1) is 9.74. The number of rotatable bonds is 3. The van der Waals surface area contributed by atoms with Crippen LogP contribution in [0.1, 0.15) is 43.7 Å². The Hall–Kier alpha value is -1.36. The molecule has 0 spiro atoms. The Kier molecular flexibility index (Phi) is 4.05. The van der Waals surface area contributed by atoms with Crippen molar-refractivity contribution in [2.45, 2.75) is 38.1 Å². The lowest BCUT2D eigenvalue weighted by molar-refractivity contribution is -0.133. The maximum atomic E-state index is 12.6. The second kappa shape index (κ2) is 5.95. The third kappa shape index (κ3) is 2.87. The fourth-order valence-electron chi connectivity index (χ4n) is 3.47. The molecule has 5 heteroatoms. The molecule has 0 bridgehead atoms. The molecular weight excluding hydrogens is 252 g/mol. The minimum Gasteiger partial charge on any atom is -0.336 e. The molecule has 2 aliphatic rings. The molecule has 1 aromatic rings. The number of aromatic nitrogens is 2. The molecule has 1 aromatic heterocycles. The first-order valence-electron chi connectivity index (χ1n) is 7.73. The van der Waals surface area contributed by atoms with E-state index in [9.17, 15) is 4.79 Å². The Morgan fingerprint density at radius 2 is 2.20 bits per heavy atom. The number of nitrogens with one attached hydrogen (secondary N) is 1. The molecular formula is C15H24N4O. The van der Waals surface area contributed by atoms with Crippen LogP contribution in [-0.4, -0.2) is 40.2 Å². The van der Waals surface area contributed by atoms with Crippen molar-refractivity contribution >= 4 is 5.91 Å². The summed E-state index contributed by atoms with van der Waals surface area (Å²) < 4.78 is 1.82. The van der Waals surface area contributed by atoms with Gasteiger partial charge in [0.05, 0.1) is 12.2 Å². The predicted molar refractivity (Wildman–Crippen MR) is 77.1 cm³/mol. The summed E-state index contributed by atoms with van der Waals surface area (Å²) in [5.74, 6) is 0.905. The van der Waals surface area contributed by atoms with Crippen LogP contribution in [0.5, 0.6) is 0 Å². The van der Waals surface area contributed by atoms with Crippen LogP contribution in [-0.2, 0) is 11.8 Å². The van der Waals surface area contributed by atoms with E-state index in [2.05, 4.69) is 15.3 Å². The fraction of sp³-hybridized carbons (Fsp3) is 0.733. The minimum atomic E-state index is 0.248. The van der Waals surface area contributed by atoms with Crippen LogP contribution in [0, 0.1) is 5.92 Å². The maximum absolute atomic E-state index is 12.6. The number of hydrogen-bond acceptors (Lipinski definition) is 3. The SMILES string of the molecule is Cn1cc(C2CCCN2C(=O)CC2CCNCC2)cn1. The predicted octanol–water partition coefficient (Wildman–Crippen LogP) is 1.47. The molecule has 2 fully saturated rings. The van der Waals surface area contributed by atoms with Gasteiger partial charge in [-0.2, -0.15) is 5.10 Å². The van der Waals surface area contributed by atoms with Gasteiger partial charge >= 0.3 is 0 Å². The molecule has 0 radical (unpaired) electrons. The van der Waals surface area contributed by atoms with E-state index in [4.69, 9.17) is 0 Å². The van der Waals surface area contributed by atoms with Crippen molar-refractivity contribution < 1.29 is 4.79 Å². The maximum Gasteiger partial charge on any atom is 0.223 e. The number of hydrogen-bond donors (Lipinski definition) is 1. The van der Waals surface area contributed by atoms with Crippen LogP contribution in [0.15, 0.2) is 12.4 Å². The van der Waals surface area contributed by atoms with Crippen molar-refractivity contribution in [1.29, 1.82) is 0 Å². The van der Waals surface area contributed by atoms with E-state index in [-0.39, 0.29) is 6.04 Å². The van der Waals surface area contributed by atoms with Crippen LogP contribution in [0.4, 0.5) is 0 Å². The number of carbonyl (C=O) groups excluding carboxylic acids is 1. The molecule has 3 heterocycles. The summed E-state index contributed by atoms with van der Waals surface area (Å²) in [7, 11) is 1.93. The van der Waals surface area contributed by atoms with Crippen molar-refractivity contribution in [3.8, 4) is 0 Å². The molecule has 110 valence electrons. The van der Waals surface area contributed by atoms with Gasteiger partial charge in [0.15, 0.2) is 0 Å². The fourth-order valence-corrected chi connectivity index (χ4v) is 3.47. The summed E-state index contributed by atoms with van der Waals surface area (Å²) in [6.07, 6.45) is 9.12. The molecule has 1 unspecified atom stereocenters. The molecule has 0 aliphatic carbocycles. The number of piperidine rings is 1. The van der Waals surface area contributed by atoms with Gasteiger partial charge in [-0.25, -0.2) is 0 Å². The van der Waals surface area contributed by atoms with Crippen LogP contribution < -0.4 is 5.32 Å². The van der Waals surface area contributed by atoms with E-state index in [1.54, 1.807) is 0 Å². The Labute approximate surface area is 120 Å². The Morgan fingerprint density at radius 3 is 2.90 bits per heavy atom. The zero-order chi connectivity index (χ0) is 13.9. The van der Waals surface area contributed by atoms with E-state index < -0.39 is 0 Å². The third-order valence-electron chi connectivity index (χ3n) is 4.60. The monoisotopic (exact) mass is 276 g/mol. The van der Waals surface area contributed by atoms with Gasteiger partial charge in [0, 0.05) is 31.8 Å². The van der Waals surface area contributed by atoms with Gasteiger partial charge in [-0.05, 0) is 44.7 Å². The van der Waals surface area contributed by atoms with E-state index in [0.717, 1.165) is 51.7 Å². The molecule has 1 atom stereocenters. The van der Waals surface area contributed by atoms with Gasteiger partial charge in [0.1, 0.15) is 0 Å². The summed E-state index contributed by atoms with van der Waals surface area (Å²) in [5.41, 5.74) is 1.18. The normalized spacial score (nSPS) is 24.2.